The van der Waals surface area contributed by atoms with E-state index < -0.39 is 0 Å². The van der Waals surface area contributed by atoms with E-state index in [2.05, 4.69) is 20.1 Å². The third-order valence-corrected chi connectivity index (χ3v) is 2.61. The standard InChI is InChI=1S/C11H15N5O2/c1-3-16-10(9(12)7(2)14-16)11(17)13-6-8-4-5-18-15-8/h4-5H,3,6,12H2,1-2H3,(H,13,17). The molecule has 0 fully saturated rings. The van der Waals surface area contributed by atoms with Crippen molar-refractivity contribution < 1.29 is 9.32 Å². The van der Waals surface area contributed by atoms with Gasteiger partial charge in [0, 0.05) is 12.6 Å². The lowest BCUT2D eigenvalue weighted by molar-refractivity contribution is 0.0940. The van der Waals surface area contributed by atoms with Crippen molar-refractivity contribution in [2.75, 3.05) is 5.73 Å². The number of nitrogens with one attached hydrogen (secondary N) is 1. The number of anilines is 1. The van der Waals surface area contributed by atoms with E-state index in [1.807, 2.05) is 6.92 Å². The van der Waals surface area contributed by atoms with Crippen LogP contribution in [0, 0.1) is 6.92 Å². The summed E-state index contributed by atoms with van der Waals surface area (Å²) in [4.78, 5) is 12.0. The number of rotatable bonds is 4. The van der Waals surface area contributed by atoms with Gasteiger partial charge in [0.15, 0.2) is 0 Å². The maximum absolute atomic E-state index is 12.0. The van der Waals surface area contributed by atoms with Gasteiger partial charge in [0.2, 0.25) is 0 Å². The zero-order valence-electron chi connectivity index (χ0n) is 10.3. The second-order valence-electron chi connectivity index (χ2n) is 3.84. The van der Waals surface area contributed by atoms with E-state index in [1.54, 1.807) is 17.7 Å². The number of nitrogen functional groups attached to an aromatic ring is 1. The predicted molar refractivity (Wildman–Crippen MR) is 64.7 cm³/mol. The zero-order chi connectivity index (χ0) is 13.1. The molecule has 0 atom stereocenters. The minimum absolute atomic E-state index is 0.266. The average molecular weight is 249 g/mol. The van der Waals surface area contributed by atoms with E-state index in [-0.39, 0.29) is 5.91 Å². The first-order valence-electron chi connectivity index (χ1n) is 5.63. The van der Waals surface area contributed by atoms with Crippen molar-refractivity contribution in [2.24, 2.45) is 0 Å². The third-order valence-electron chi connectivity index (χ3n) is 2.61. The second-order valence-corrected chi connectivity index (χ2v) is 3.84. The first-order valence-corrected chi connectivity index (χ1v) is 5.63. The van der Waals surface area contributed by atoms with Gasteiger partial charge in [-0.1, -0.05) is 5.16 Å². The number of hydrogen-bond donors (Lipinski definition) is 2. The number of nitrogens with zero attached hydrogens (tertiary/aromatic N) is 3. The lowest BCUT2D eigenvalue weighted by Gasteiger charge is -2.06. The molecule has 7 nitrogen and oxygen atoms in total. The van der Waals surface area contributed by atoms with Gasteiger partial charge in [-0.15, -0.1) is 0 Å². The number of aryl methyl sites for hydroxylation is 2. The summed E-state index contributed by atoms with van der Waals surface area (Å²) in [5, 5.41) is 10.6. The highest BCUT2D eigenvalue weighted by atomic mass is 16.5. The van der Waals surface area contributed by atoms with Crippen molar-refractivity contribution in [3.63, 3.8) is 0 Å². The van der Waals surface area contributed by atoms with E-state index in [0.717, 1.165) is 0 Å². The van der Waals surface area contributed by atoms with Crippen LogP contribution in [-0.2, 0) is 13.1 Å². The van der Waals surface area contributed by atoms with Crippen LogP contribution in [0.15, 0.2) is 16.9 Å². The smallest absolute Gasteiger partial charge is 0.272 e. The summed E-state index contributed by atoms with van der Waals surface area (Å²) in [6, 6.07) is 1.69. The van der Waals surface area contributed by atoms with E-state index in [4.69, 9.17) is 5.73 Å². The summed E-state index contributed by atoms with van der Waals surface area (Å²) in [6.45, 7) is 4.56. The number of nitrogens with two attached hydrogens (primary N) is 1. The van der Waals surface area contributed by atoms with Crippen molar-refractivity contribution in [2.45, 2.75) is 26.9 Å². The molecule has 0 aliphatic rings. The van der Waals surface area contributed by atoms with Gasteiger partial charge in [-0.25, -0.2) is 0 Å². The van der Waals surface area contributed by atoms with Crippen LogP contribution in [0.25, 0.3) is 0 Å². The van der Waals surface area contributed by atoms with Crippen LogP contribution in [-0.4, -0.2) is 20.8 Å². The molecule has 2 aromatic rings. The maximum Gasteiger partial charge on any atom is 0.272 e. The lowest BCUT2D eigenvalue weighted by Crippen LogP contribution is -2.26. The summed E-state index contributed by atoms with van der Waals surface area (Å²) < 4.78 is 6.27. The normalized spacial score (nSPS) is 10.6. The highest BCUT2D eigenvalue weighted by molar-refractivity contribution is 5.97. The molecule has 1 amide bonds. The monoisotopic (exact) mass is 249 g/mol. The van der Waals surface area contributed by atoms with Crippen LogP contribution in [0.3, 0.4) is 0 Å². The van der Waals surface area contributed by atoms with Crippen molar-refractivity contribution in [3.8, 4) is 0 Å². The van der Waals surface area contributed by atoms with E-state index in [0.29, 0.717) is 35.9 Å². The Labute approximate surface area is 104 Å². The van der Waals surface area contributed by atoms with Crippen molar-refractivity contribution in [1.29, 1.82) is 0 Å². The highest BCUT2D eigenvalue weighted by Gasteiger charge is 2.18. The Morgan fingerprint density at radius 3 is 3.00 bits per heavy atom. The molecule has 2 aromatic heterocycles. The van der Waals surface area contributed by atoms with Gasteiger partial charge in [-0.2, -0.15) is 5.10 Å². The van der Waals surface area contributed by atoms with E-state index >= 15 is 0 Å². The van der Waals surface area contributed by atoms with Crippen LogP contribution in [0.5, 0.6) is 0 Å². The van der Waals surface area contributed by atoms with Gasteiger partial charge < -0.3 is 15.6 Å². The summed E-state index contributed by atoms with van der Waals surface area (Å²) in [6.07, 6.45) is 1.45. The molecule has 0 radical (unpaired) electrons. The molecule has 96 valence electrons. The number of amides is 1. The minimum atomic E-state index is -0.266. The van der Waals surface area contributed by atoms with Crippen molar-refractivity contribution >= 4 is 11.6 Å². The van der Waals surface area contributed by atoms with Gasteiger partial charge in [-0.05, 0) is 13.8 Å². The largest absolute Gasteiger partial charge is 0.395 e. The summed E-state index contributed by atoms with van der Waals surface area (Å²) >= 11 is 0. The molecular formula is C11H15N5O2. The number of aromatic nitrogens is 3. The predicted octanol–water partition coefficient (Wildman–Crippen LogP) is 0.712. The quantitative estimate of drug-likeness (QED) is 0.831. The molecule has 3 N–H and O–H groups in total. The third kappa shape index (κ3) is 2.20. The van der Waals surface area contributed by atoms with Crippen LogP contribution in [0.2, 0.25) is 0 Å². The lowest BCUT2D eigenvalue weighted by atomic mass is 10.3. The fourth-order valence-corrected chi connectivity index (χ4v) is 1.65. The van der Waals surface area contributed by atoms with Crippen molar-refractivity contribution in [3.05, 3.63) is 29.4 Å². The van der Waals surface area contributed by atoms with E-state index in [1.165, 1.54) is 6.26 Å². The van der Waals surface area contributed by atoms with Crippen LogP contribution in [0.1, 0.15) is 28.8 Å². The summed E-state index contributed by atoms with van der Waals surface area (Å²) in [5.41, 5.74) is 7.96. The molecule has 0 bridgehead atoms. The van der Waals surface area contributed by atoms with Gasteiger partial charge in [0.1, 0.15) is 17.7 Å². The number of carbonyl (C=O) groups is 1. The molecule has 0 saturated carbocycles. The molecule has 2 heterocycles. The average Bonchev–Trinajstić information content (AvgIpc) is 2.96. The highest BCUT2D eigenvalue weighted by Crippen LogP contribution is 2.16. The Balaban J connectivity index is 2.13. The fraction of sp³-hybridized carbons (Fsp3) is 0.364. The zero-order valence-corrected chi connectivity index (χ0v) is 10.3. The number of hydrogen-bond acceptors (Lipinski definition) is 5. The van der Waals surface area contributed by atoms with Gasteiger partial charge >= 0.3 is 0 Å². The number of carbonyl (C=O) groups excluding carboxylic acids is 1. The first-order chi connectivity index (χ1) is 8.63. The Bertz CT molecular complexity index is 544. The van der Waals surface area contributed by atoms with Crippen molar-refractivity contribution in [1.82, 2.24) is 20.3 Å². The first kappa shape index (κ1) is 12.2. The molecule has 0 aromatic carbocycles. The van der Waals surface area contributed by atoms with Crippen LogP contribution >= 0.6 is 0 Å². The molecule has 0 aliphatic carbocycles. The topological polar surface area (TPSA) is 99.0 Å². The SMILES string of the molecule is CCn1nc(C)c(N)c1C(=O)NCc1ccon1. The van der Waals surface area contributed by atoms with Crippen LogP contribution in [0.4, 0.5) is 5.69 Å². The molecular weight excluding hydrogens is 234 g/mol. The second kappa shape index (κ2) is 4.91. The van der Waals surface area contributed by atoms with Crippen LogP contribution < -0.4 is 11.1 Å². The van der Waals surface area contributed by atoms with E-state index in [9.17, 15) is 4.79 Å². The maximum atomic E-state index is 12.0. The molecule has 0 unspecified atom stereocenters. The minimum Gasteiger partial charge on any atom is -0.395 e. The molecule has 2 rings (SSSR count). The molecule has 7 heteroatoms. The Morgan fingerprint density at radius 2 is 2.39 bits per heavy atom. The fourth-order valence-electron chi connectivity index (χ4n) is 1.65. The van der Waals surface area contributed by atoms with Gasteiger partial charge in [-0.3, -0.25) is 9.48 Å². The molecule has 0 spiro atoms. The molecule has 0 saturated heterocycles. The molecule has 0 aliphatic heterocycles. The Kier molecular flexibility index (Phi) is 3.31. The van der Waals surface area contributed by atoms with Gasteiger partial charge in [0.05, 0.1) is 17.9 Å². The molecule has 18 heavy (non-hydrogen) atoms. The van der Waals surface area contributed by atoms with Gasteiger partial charge in [0.25, 0.3) is 5.91 Å². The summed E-state index contributed by atoms with van der Waals surface area (Å²) in [7, 11) is 0. The Morgan fingerprint density at radius 1 is 1.61 bits per heavy atom. The summed E-state index contributed by atoms with van der Waals surface area (Å²) in [5.74, 6) is -0.266. The Hall–Kier alpha value is -2.31.